The number of rotatable bonds is 6. The summed E-state index contributed by atoms with van der Waals surface area (Å²) in [5.74, 6) is 1.07. The van der Waals surface area contributed by atoms with Gasteiger partial charge in [0.2, 0.25) is 0 Å². The van der Waals surface area contributed by atoms with Crippen molar-refractivity contribution in [2.24, 2.45) is 0 Å². The van der Waals surface area contributed by atoms with Crippen molar-refractivity contribution in [3.8, 4) is 11.3 Å². The average Bonchev–Trinajstić information content (AvgIpc) is 3.35. The van der Waals surface area contributed by atoms with E-state index in [4.69, 9.17) is 14.9 Å². The van der Waals surface area contributed by atoms with Gasteiger partial charge < -0.3 is 14.9 Å². The van der Waals surface area contributed by atoms with E-state index < -0.39 is 5.97 Å². The number of esters is 1. The minimum atomic E-state index is -0.402. The molecule has 1 aliphatic rings. The van der Waals surface area contributed by atoms with E-state index in [9.17, 15) is 9.18 Å². The number of halogens is 1. The second-order valence-corrected chi connectivity index (χ2v) is 9.14. The number of aromatic nitrogens is 3. The molecule has 0 bridgehead atoms. The van der Waals surface area contributed by atoms with Crippen LogP contribution in [0.15, 0.2) is 34.9 Å². The van der Waals surface area contributed by atoms with Crippen LogP contribution in [-0.2, 0) is 35.4 Å². The molecule has 5 rings (SSSR count). The first-order chi connectivity index (χ1) is 16.1. The van der Waals surface area contributed by atoms with Crippen molar-refractivity contribution in [3.05, 3.63) is 58.4 Å². The first-order valence-electron chi connectivity index (χ1n) is 11.0. The maximum absolute atomic E-state index is 13.1. The van der Waals surface area contributed by atoms with Crippen LogP contribution >= 0.6 is 11.3 Å². The zero-order valence-electron chi connectivity index (χ0n) is 18.0. The number of nitrogens with zero attached hydrogens (tertiary/aromatic N) is 3. The highest BCUT2D eigenvalue weighted by Gasteiger charge is 2.20. The lowest BCUT2D eigenvalue weighted by Gasteiger charge is -2.06. The largest absolute Gasteiger partial charge is 0.457 e. The number of thiophene rings is 1. The molecular weight excluding hydrogens is 443 g/mol. The second kappa shape index (κ2) is 9.27. The summed E-state index contributed by atoms with van der Waals surface area (Å²) >= 11 is 1.67. The summed E-state index contributed by atoms with van der Waals surface area (Å²) in [6.07, 6.45) is 7.61. The first-order valence-corrected chi connectivity index (χ1v) is 11.8. The molecule has 0 aliphatic heterocycles. The number of hydrogen-bond donors (Lipinski definition) is 1. The van der Waals surface area contributed by atoms with Gasteiger partial charge in [0.05, 0.1) is 18.0 Å². The lowest BCUT2D eigenvalue weighted by atomic mass is 10.1. The van der Waals surface area contributed by atoms with Crippen molar-refractivity contribution in [3.63, 3.8) is 0 Å². The van der Waals surface area contributed by atoms with Crippen LogP contribution in [0.3, 0.4) is 0 Å². The van der Waals surface area contributed by atoms with Gasteiger partial charge in [-0.3, -0.25) is 4.79 Å². The van der Waals surface area contributed by atoms with Crippen molar-refractivity contribution in [1.82, 2.24) is 15.0 Å². The molecule has 7 nitrogen and oxygen atoms in total. The van der Waals surface area contributed by atoms with E-state index in [1.54, 1.807) is 29.7 Å². The maximum atomic E-state index is 13.1. The Labute approximate surface area is 193 Å². The van der Waals surface area contributed by atoms with Gasteiger partial charge in [-0.15, -0.1) is 11.3 Å². The van der Waals surface area contributed by atoms with Crippen molar-refractivity contribution < 1.29 is 18.3 Å². The summed E-state index contributed by atoms with van der Waals surface area (Å²) < 4.78 is 24.1. The van der Waals surface area contributed by atoms with Gasteiger partial charge in [-0.05, 0) is 55.5 Å². The van der Waals surface area contributed by atoms with Gasteiger partial charge in [-0.25, -0.2) is 19.3 Å². The molecule has 0 saturated heterocycles. The molecule has 1 aromatic carbocycles. The Morgan fingerprint density at radius 1 is 1.15 bits per heavy atom. The zero-order chi connectivity index (χ0) is 22.8. The van der Waals surface area contributed by atoms with Crippen LogP contribution in [0, 0.1) is 5.82 Å². The molecule has 0 saturated carbocycles. The smallest absolute Gasteiger partial charge is 0.306 e. The lowest BCUT2D eigenvalue weighted by Crippen LogP contribution is -2.09. The van der Waals surface area contributed by atoms with E-state index in [0.717, 1.165) is 29.5 Å². The maximum Gasteiger partial charge on any atom is 0.306 e. The van der Waals surface area contributed by atoms with Crippen molar-refractivity contribution >= 4 is 33.3 Å². The van der Waals surface area contributed by atoms with Gasteiger partial charge in [0.25, 0.3) is 0 Å². The number of aryl methyl sites for hydroxylation is 3. The minimum Gasteiger partial charge on any atom is -0.457 e. The number of nitrogen functional groups attached to an aromatic ring is 1. The zero-order valence-corrected chi connectivity index (χ0v) is 18.8. The summed E-state index contributed by atoms with van der Waals surface area (Å²) in [5.41, 5.74) is 8.26. The minimum absolute atomic E-state index is 0.0338. The number of benzene rings is 1. The molecule has 0 fully saturated rings. The van der Waals surface area contributed by atoms with E-state index >= 15 is 0 Å². The van der Waals surface area contributed by atoms with Gasteiger partial charge in [0.15, 0.2) is 24.1 Å². The van der Waals surface area contributed by atoms with E-state index in [1.165, 1.54) is 35.4 Å². The Morgan fingerprint density at radius 2 is 1.97 bits per heavy atom. The number of carbonyl (C=O) groups is 1. The predicted octanol–water partition coefficient (Wildman–Crippen LogP) is 5.01. The molecule has 33 heavy (non-hydrogen) atoms. The Morgan fingerprint density at radius 3 is 2.82 bits per heavy atom. The fraction of sp³-hybridized carbons (Fsp3) is 0.333. The Hall–Kier alpha value is -3.33. The number of fused-ring (bicyclic) bond motifs is 3. The summed E-state index contributed by atoms with van der Waals surface area (Å²) in [4.78, 5) is 27.6. The molecule has 0 spiro atoms. The lowest BCUT2D eigenvalue weighted by molar-refractivity contribution is -0.145. The molecule has 3 heterocycles. The van der Waals surface area contributed by atoms with Crippen LogP contribution < -0.4 is 5.73 Å². The number of oxazole rings is 1. The van der Waals surface area contributed by atoms with E-state index in [2.05, 4.69) is 15.0 Å². The van der Waals surface area contributed by atoms with Gasteiger partial charge >= 0.3 is 5.97 Å². The van der Waals surface area contributed by atoms with Gasteiger partial charge in [0, 0.05) is 16.9 Å². The molecular formula is C24H23FN4O3S. The molecule has 1 aliphatic carbocycles. The quantitative estimate of drug-likeness (QED) is 0.314. The van der Waals surface area contributed by atoms with Crippen LogP contribution in [-0.4, -0.2) is 20.9 Å². The van der Waals surface area contributed by atoms with Gasteiger partial charge in [-0.1, -0.05) is 6.42 Å². The molecule has 0 atom stereocenters. The number of nitrogens with two attached hydrogens (primary N) is 1. The van der Waals surface area contributed by atoms with Crippen molar-refractivity contribution in [1.29, 1.82) is 0 Å². The molecule has 3 aromatic heterocycles. The van der Waals surface area contributed by atoms with Crippen LogP contribution in [0.5, 0.6) is 0 Å². The standard InChI is InChI=1S/C24H23FN4O3S/c25-15-8-6-14(7-9-15)17-12-27-20(32-17)10-11-21(30)31-13-19-28-23(26)22-16-4-2-1-3-5-18(16)33-24(22)29-19/h6-9,12H,1-5,10-11,13H2,(H2,26,28,29). The van der Waals surface area contributed by atoms with Crippen LogP contribution in [0.1, 0.15) is 47.8 Å². The molecule has 0 amide bonds. The monoisotopic (exact) mass is 466 g/mol. The number of anilines is 1. The number of carbonyl (C=O) groups excluding carboxylic acids is 1. The summed E-state index contributed by atoms with van der Waals surface area (Å²) in [7, 11) is 0. The number of ether oxygens (including phenoxy) is 1. The van der Waals surface area contributed by atoms with E-state index in [0.29, 0.717) is 35.3 Å². The Kier molecular flexibility index (Phi) is 6.04. The second-order valence-electron chi connectivity index (χ2n) is 8.06. The summed E-state index contributed by atoms with van der Waals surface area (Å²) in [6, 6.07) is 5.94. The normalized spacial score (nSPS) is 13.6. The highest BCUT2D eigenvalue weighted by Crippen LogP contribution is 2.37. The predicted molar refractivity (Wildman–Crippen MR) is 123 cm³/mol. The van der Waals surface area contributed by atoms with Crippen LogP contribution in [0.25, 0.3) is 21.5 Å². The topological polar surface area (TPSA) is 104 Å². The summed E-state index contributed by atoms with van der Waals surface area (Å²) in [5, 5.41) is 0.966. The Balaban J connectivity index is 1.19. The molecule has 0 radical (unpaired) electrons. The Bertz CT molecular complexity index is 1300. The van der Waals surface area contributed by atoms with Gasteiger partial charge in [0.1, 0.15) is 16.5 Å². The van der Waals surface area contributed by atoms with Crippen LogP contribution in [0.4, 0.5) is 10.2 Å². The average molecular weight is 467 g/mol. The van der Waals surface area contributed by atoms with Crippen molar-refractivity contribution in [2.45, 2.75) is 51.6 Å². The third kappa shape index (κ3) is 4.73. The third-order valence-electron chi connectivity index (χ3n) is 5.73. The number of hydrogen-bond acceptors (Lipinski definition) is 8. The summed E-state index contributed by atoms with van der Waals surface area (Å²) in [6.45, 7) is -0.0338. The highest BCUT2D eigenvalue weighted by molar-refractivity contribution is 7.19. The SMILES string of the molecule is Nc1nc(COC(=O)CCc2ncc(-c3ccc(F)cc3)o2)nc2sc3c(c12)CCCCC3. The fourth-order valence-corrected chi connectivity index (χ4v) is 5.36. The molecule has 9 heteroatoms. The highest BCUT2D eigenvalue weighted by atomic mass is 32.1. The van der Waals surface area contributed by atoms with E-state index in [-0.39, 0.29) is 18.8 Å². The molecule has 2 N–H and O–H groups in total. The fourth-order valence-electron chi connectivity index (χ4n) is 4.07. The molecule has 170 valence electrons. The third-order valence-corrected chi connectivity index (χ3v) is 6.91. The van der Waals surface area contributed by atoms with Crippen LogP contribution in [0.2, 0.25) is 0 Å². The molecule has 4 aromatic rings. The van der Waals surface area contributed by atoms with E-state index in [1.807, 2.05) is 0 Å². The van der Waals surface area contributed by atoms with Crippen molar-refractivity contribution in [2.75, 3.05) is 5.73 Å². The van der Waals surface area contributed by atoms with Gasteiger partial charge in [-0.2, -0.15) is 0 Å². The molecule has 0 unspecified atom stereocenters. The first kappa shape index (κ1) is 21.5.